The van der Waals surface area contributed by atoms with Crippen molar-refractivity contribution in [1.29, 1.82) is 0 Å². The molecule has 4 nitrogen and oxygen atoms in total. The molecule has 2 unspecified atom stereocenters. The Bertz CT molecular complexity index is 501. The van der Waals surface area contributed by atoms with Gasteiger partial charge in [-0.2, -0.15) is 0 Å². The summed E-state index contributed by atoms with van der Waals surface area (Å²) in [5.74, 6) is 0. The number of benzene rings is 1. The Kier molecular flexibility index (Phi) is 3.48. The van der Waals surface area contributed by atoms with E-state index in [0.29, 0.717) is 6.04 Å². The van der Waals surface area contributed by atoms with E-state index >= 15 is 0 Å². The van der Waals surface area contributed by atoms with Crippen LogP contribution in [0.4, 0.5) is 5.69 Å². The van der Waals surface area contributed by atoms with Crippen molar-refractivity contribution in [2.24, 2.45) is 0 Å². The third-order valence-electron chi connectivity index (χ3n) is 4.37. The molecular weight excluding hydrogens is 252 g/mol. The smallest absolute Gasteiger partial charge is 0.0940 e. The second-order valence-corrected chi connectivity index (χ2v) is 6.62. The molecule has 110 valence electrons. The second kappa shape index (κ2) is 5.02. The highest BCUT2D eigenvalue weighted by Gasteiger charge is 2.38. The summed E-state index contributed by atoms with van der Waals surface area (Å²) >= 11 is 0. The molecule has 1 fully saturated rings. The summed E-state index contributed by atoms with van der Waals surface area (Å²) in [7, 11) is 0. The molecule has 20 heavy (non-hydrogen) atoms. The van der Waals surface area contributed by atoms with E-state index in [0.717, 1.165) is 31.6 Å². The number of anilines is 1. The van der Waals surface area contributed by atoms with Gasteiger partial charge in [0.25, 0.3) is 0 Å². The van der Waals surface area contributed by atoms with E-state index < -0.39 is 0 Å². The van der Waals surface area contributed by atoms with Crippen LogP contribution in [0.2, 0.25) is 0 Å². The molecule has 1 aromatic carbocycles. The molecule has 0 radical (unpaired) electrons. The van der Waals surface area contributed by atoms with Crippen LogP contribution in [0.5, 0.6) is 0 Å². The highest BCUT2D eigenvalue weighted by molar-refractivity contribution is 5.47. The second-order valence-electron chi connectivity index (χ2n) is 6.62. The lowest BCUT2D eigenvalue weighted by molar-refractivity contribution is -0.157. The van der Waals surface area contributed by atoms with Crippen molar-refractivity contribution < 1.29 is 9.84 Å². The highest BCUT2D eigenvalue weighted by atomic mass is 16.5. The minimum absolute atomic E-state index is 0.0846. The van der Waals surface area contributed by atoms with Crippen molar-refractivity contribution in [2.45, 2.75) is 44.4 Å². The molecule has 2 atom stereocenters. The Labute approximate surface area is 120 Å². The summed E-state index contributed by atoms with van der Waals surface area (Å²) in [5, 5.41) is 9.45. The number of rotatable bonds is 2. The van der Waals surface area contributed by atoms with Crippen LogP contribution in [0.25, 0.3) is 0 Å². The number of ether oxygens (including phenoxy) is 1. The topological polar surface area (TPSA) is 58.7 Å². The van der Waals surface area contributed by atoms with Gasteiger partial charge in [0, 0.05) is 24.8 Å². The maximum absolute atomic E-state index is 9.45. The van der Waals surface area contributed by atoms with Gasteiger partial charge in [-0.15, -0.1) is 0 Å². The molecule has 0 saturated carbocycles. The average molecular weight is 276 g/mol. The van der Waals surface area contributed by atoms with Gasteiger partial charge < -0.3 is 15.6 Å². The predicted octanol–water partition coefficient (Wildman–Crippen LogP) is 1.73. The number of fused-ring (bicyclic) bond motifs is 1. The monoisotopic (exact) mass is 276 g/mol. The van der Waals surface area contributed by atoms with Crippen molar-refractivity contribution in [3.63, 3.8) is 0 Å². The maximum atomic E-state index is 9.45. The summed E-state index contributed by atoms with van der Waals surface area (Å²) in [6, 6.07) is 6.69. The minimum atomic E-state index is -0.206. The standard InChI is InChI=1S/C16H24N2O2/c1-16(2)10-18(8-13(9-19)20-16)15-6-3-11-7-12(17)4-5-14(11)15/h4-5,7,13,15,19H,3,6,8-10,17H2,1-2H3. The molecule has 0 spiro atoms. The Morgan fingerprint density at radius 2 is 2.25 bits per heavy atom. The summed E-state index contributed by atoms with van der Waals surface area (Å²) in [5.41, 5.74) is 9.29. The molecule has 0 amide bonds. The van der Waals surface area contributed by atoms with Crippen molar-refractivity contribution in [3.8, 4) is 0 Å². The number of morpholine rings is 1. The van der Waals surface area contributed by atoms with Gasteiger partial charge in [0.2, 0.25) is 0 Å². The fourth-order valence-corrected chi connectivity index (χ4v) is 3.67. The average Bonchev–Trinajstić information content (AvgIpc) is 2.79. The summed E-state index contributed by atoms with van der Waals surface area (Å²) in [6.07, 6.45) is 2.14. The Balaban J connectivity index is 1.84. The number of aliphatic hydroxyl groups is 1. The van der Waals surface area contributed by atoms with Gasteiger partial charge in [-0.1, -0.05) is 6.07 Å². The molecule has 3 rings (SSSR count). The zero-order valence-electron chi connectivity index (χ0n) is 12.3. The zero-order valence-corrected chi connectivity index (χ0v) is 12.3. The van der Waals surface area contributed by atoms with Gasteiger partial charge in [0.1, 0.15) is 0 Å². The molecule has 3 N–H and O–H groups in total. The number of aryl methyl sites for hydroxylation is 1. The molecule has 4 heteroatoms. The van der Waals surface area contributed by atoms with E-state index in [-0.39, 0.29) is 18.3 Å². The first-order valence-corrected chi connectivity index (χ1v) is 7.39. The van der Waals surface area contributed by atoms with Crippen LogP contribution in [-0.4, -0.2) is 41.4 Å². The predicted molar refractivity (Wildman–Crippen MR) is 79.5 cm³/mol. The third-order valence-corrected chi connectivity index (χ3v) is 4.37. The number of hydrogen-bond acceptors (Lipinski definition) is 4. The normalized spacial score (nSPS) is 29.4. The largest absolute Gasteiger partial charge is 0.399 e. The Morgan fingerprint density at radius 1 is 1.45 bits per heavy atom. The first kappa shape index (κ1) is 13.9. The SMILES string of the molecule is CC1(C)CN(C2CCc3cc(N)ccc32)CC(CO)O1. The number of aliphatic hydroxyl groups excluding tert-OH is 1. The van der Waals surface area contributed by atoms with Gasteiger partial charge in [-0.25, -0.2) is 0 Å². The fraction of sp³-hybridized carbons (Fsp3) is 0.625. The molecule has 1 aromatic rings. The van der Waals surface area contributed by atoms with E-state index in [1.807, 2.05) is 6.07 Å². The minimum Gasteiger partial charge on any atom is -0.399 e. The highest BCUT2D eigenvalue weighted by Crippen LogP contribution is 2.39. The Hall–Kier alpha value is -1.10. The van der Waals surface area contributed by atoms with Gasteiger partial charge in [-0.3, -0.25) is 4.90 Å². The van der Waals surface area contributed by atoms with Crippen LogP contribution in [0.1, 0.15) is 37.4 Å². The molecule has 2 aliphatic rings. The summed E-state index contributed by atoms with van der Waals surface area (Å²) < 4.78 is 5.91. The molecule has 0 bridgehead atoms. The molecule has 1 aliphatic heterocycles. The van der Waals surface area contributed by atoms with Crippen LogP contribution < -0.4 is 5.73 Å². The molecular formula is C16H24N2O2. The van der Waals surface area contributed by atoms with E-state index in [4.69, 9.17) is 10.5 Å². The van der Waals surface area contributed by atoms with Crippen LogP contribution in [0.15, 0.2) is 18.2 Å². The zero-order chi connectivity index (χ0) is 14.3. The molecule has 1 heterocycles. The van der Waals surface area contributed by atoms with E-state index in [1.54, 1.807) is 0 Å². The number of nitrogens with zero attached hydrogens (tertiary/aromatic N) is 1. The van der Waals surface area contributed by atoms with E-state index in [1.165, 1.54) is 11.1 Å². The number of hydrogen-bond donors (Lipinski definition) is 2. The first-order valence-electron chi connectivity index (χ1n) is 7.39. The molecule has 1 saturated heterocycles. The fourth-order valence-electron chi connectivity index (χ4n) is 3.67. The van der Waals surface area contributed by atoms with Crippen LogP contribution in [0.3, 0.4) is 0 Å². The lowest BCUT2D eigenvalue weighted by Gasteiger charge is -2.45. The molecule has 0 aromatic heterocycles. The number of nitrogen functional groups attached to an aromatic ring is 1. The van der Waals surface area contributed by atoms with Crippen LogP contribution in [-0.2, 0) is 11.2 Å². The molecule has 1 aliphatic carbocycles. The van der Waals surface area contributed by atoms with Gasteiger partial charge in [-0.05, 0) is 49.9 Å². The van der Waals surface area contributed by atoms with Crippen LogP contribution in [0, 0.1) is 0 Å². The van der Waals surface area contributed by atoms with Crippen molar-refractivity contribution in [3.05, 3.63) is 29.3 Å². The Morgan fingerprint density at radius 3 is 3.00 bits per heavy atom. The first-order chi connectivity index (χ1) is 9.48. The van der Waals surface area contributed by atoms with Crippen LogP contribution >= 0.6 is 0 Å². The lowest BCUT2D eigenvalue weighted by atomic mass is 10.00. The quantitative estimate of drug-likeness (QED) is 0.808. The van der Waals surface area contributed by atoms with Crippen molar-refractivity contribution >= 4 is 5.69 Å². The van der Waals surface area contributed by atoms with Gasteiger partial charge in [0.15, 0.2) is 0 Å². The lowest BCUT2D eigenvalue weighted by Crippen LogP contribution is -2.54. The van der Waals surface area contributed by atoms with Gasteiger partial charge in [0.05, 0.1) is 18.3 Å². The van der Waals surface area contributed by atoms with Crippen molar-refractivity contribution in [1.82, 2.24) is 4.90 Å². The third kappa shape index (κ3) is 2.55. The van der Waals surface area contributed by atoms with Crippen molar-refractivity contribution in [2.75, 3.05) is 25.4 Å². The summed E-state index contributed by atoms with van der Waals surface area (Å²) in [6.45, 7) is 5.98. The van der Waals surface area contributed by atoms with Gasteiger partial charge >= 0.3 is 0 Å². The number of nitrogens with two attached hydrogens (primary N) is 1. The summed E-state index contributed by atoms with van der Waals surface area (Å²) in [4.78, 5) is 2.46. The maximum Gasteiger partial charge on any atom is 0.0940 e. The van der Waals surface area contributed by atoms with E-state index in [9.17, 15) is 5.11 Å². The van der Waals surface area contributed by atoms with E-state index in [2.05, 4.69) is 30.9 Å².